The first-order chi connectivity index (χ1) is 13.8. The monoisotopic (exact) mass is 439 g/mol. The van der Waals surface area contributed by atoms with E-state index in [4.69, 9.17) is 11.6 Å². The average molecular weight is 440 g/mol. The van der Waals surface area contributed by atoms with E-state index >= 15 is 0 Å². The Kier molecular flexibility index (Phi) is 6.68. The van der Waals surface area contributed by atoms with Gasteiger partial charge in [0.15, 0.2) is 4.90 Å². The quantitative estimate of drug-likeness (QED) is 0.520. The number of aromatic nitrogens is 1. The first-order valence-electron chi connectivity index (χ1n) is 9.16. The fourth-order valence-corrected chi connectivity index (χ4v) is 4.45. The molecule has 1 fully saturated rings. The predicted molar refractivity (Wildman–Crippen MR) is 111 cm³/mol. The number of hydrogen-bond acceptors (Lipinski definition) is 7. The zero-order chi connectivity index (χ0) is 21.0. The highest BCUT2D eigenvalue weighted by Crippen LogP contribution is 2.27. The van der Waals surface area contributed by atoms with Crippen molar-refractivity contribution in [3.05, 3.63) is 57.2 Å². The maximum atomic E-state index is 12.5. The van der Waals surface area contributed by atoms with Gasteiger partial charge in [-0.15, -0.1) is 0 Å². The van der Waals surface area contributed by atoms with Gasteiger partial charge in [0, 0.05) is 50.0 Å². The van der Waals surface area contributed by atoms with Crippen LogP contribution in [0.5, 0.6) is 0 Å². The molecule has 0 spiro atoms. The van der Waals surface area contributed by atoms with E-state index in [1.54, 1.807) is 12.3 Å². The van der Waals surface area contributed by atoms with Crippen molar-refractivity contribution in [2.45, 2.75) is 18.4 Å². The van der Waals surface area contributed by atoms with Gasteiger partial charge < -0.3 is 9.80 Å². The maximum absolute atomic E-state index is 12.5. The van der Waals surface area contributed by atoms with Crippen LogP contribution in [0.25, 0.3) is 0 Å². The fraction of sp³-hybridized carbons (Fsp3) is 0.389. The Bertz CT molecular complexity index is 976. The zero-order valence-corrected chi connectivity index (χ0v) is 17.5. The summed E-state index contributed by atoms with van der Waals surface area (Å²) in [5.41, 5.74) is 0.0887. The molecule has 3 rings (SSSR count). The van der Waals surface area contributed by atoms with Gasteiger partial charge in [0.25, 0.3) is 5.69 Å². The molecule has 0 saturated carbocycles. The number of benzene rings is 1. The summed E-state index contributed by atoms with van der Waals surface area (Å²) >= 11 is 5.74. The molecule has 0 amide bonds. The summed E-state index contributed by atoms with van der Waals surface area (Å²) in [6.45, 7) is 6.91. The topological polar surface area (TPSA) is 109 Å². The summed E-state index contributed by atoms with van der Waals surface area (Å²) < 4.78 is 27.4. The number of sulfonamides is 1. The van der Waals surface area contributed by atoms with Crippen LogP contribution in [0.1, 0.15) is 12.5 Å². The molecule has 2 heterocycles. The van der Waals surface area contributed by atoms with Crippen molar-refractivity contribution in [1.82, 2.24) is 14.6 Å². The number of rotatable bonds is 7. The molecule has 1 aromatic carbocycles. The summed E-state index contributed by atoms with van der Waals surface area (Å²) in [6, 6.07) is 7.10. The highest BCUT2D eigenvalue weighted by atomic mass is 35.5. The lowest BCUT2D eigenvalue weighted by molar-refractivity contribution is -0.387. The van der Waals surface area contributed by atoms with Crippen molar-refractivity contribution < 1.29 is 13.3 Å². The van der Waals surface area contributed by atoms with Crippen molar-refractivity contribution >= 4 is 33.1 Å². The van der Waals surface area contributed by atoms with Crippen LogP contribution in [-0.4, -0.2) is 55.9 Å². The van der Waals surface area contributed by atoms with E-state index in [9.17, 15) is 18.5 Å². The molecule has 0 bridgehead atoms. The molecule has 2 aromatic rings. The zero-order valence-electron chi connectivity index (χ0n) is 15.9. The number of likely N-dealkylation sites (N-methyl/N-ethyl adjacent to an activating group) is 1. The van der Waals surface area contributed by atoms with Crippen molar-refractivity contribution in [2.75, 3.05) is 37.6 Å². The minimum Gasteiger partial charge on any atom is -0.354 e. The van der Waals surface area contributed by atoms with Crippen LogP contribution in [-0.2, 0) is 16.6 Å². The smallest absolute Gasteiger partial charge is 0.290 e. The normalized spacial score (nSPS) is 15.4. The molecule has 1 aliphatic heterocycles. The largest absolute Gasteiger partial charge is 0.354 e. The third kappa shape index (κ3) is 5.21. The Balaban J connectivity index is 1.66. The first kappa shape index (κ1) is 21.4. The van der Waals surface area contributed by atoms with Crippen molar-refractivity contribution in [3.63, 3.8) is 0 Å². The minimum absolute atomic E-state index is 0.0288. The van der Waals surface area contributed by atoms with E-state index in [2.05, 4.69) is 26.4 Å². The predicted octanol–water partition coefficient (Wildman–Crippen LogP) is 2.26. The van der Waals surface area contributed by atoms with Crippen LogP contribution in [0.3, 0.4) is 0 Å². The van der Waals surface area contributed by atoms with E-state index in [0.717, 1.165) is 50.7 Å². The molecule has 0 atom stereocenters. The number of halogens is 1. The molecule has 1 N–H and O–H groups in total. The summed E-state index contributed by atoms with van der Waals surface area (Å²) in [5.74, 6) is 0.848. The fourth-order valence-electron chi connectivity index (χ4n) is 3.12. The Morgan fingerprint density at radius 3 is 2.52 bits per heavy atom. The average Bonchev–Trinajstić information content (AvgIpc) is 2.72. The third-order valence-electron chi connectivity index (χ3n) is 4.83. The minimum atomic E-state index is -4.08. The number of hydrogen-bond donors (Lipinski definition) is 1. The molecule has 11 heteroatoms. The van der Waals surface area contributed by atoms with Crippen molar-refractivity contribution in [3.8, 4) is 0 Å². The molecule has 9 nitrogen and oxygen atoms in total. The van der Waals surface area contributed by atoms with Crippen LogP contribution < -0.4 is 9.62 Å². The van der Waals surface area contributed by atoms with Gasteiger partial charge in [0.05, 0.1) is 4.92 Å². The Hall–Kier alpha value is -2.27. The molecule has 0 aliphatic carbocycles. The molecular formula is C18H22ClN5O4S. The molecular weight excluding hydrogens is 418 g/mol. The number of piperazine rings is 1. The second kappa shape index (κ2) is 9.04. The molecule has 0 radical (unpaired) electrons. The lowest BCUT2D eigenvalue weighted by atomic mass is 10.2. The molecule has 1 saturated heterocycles. The number of pyridine rings is 1. The van der Waals surface area contributed by atoms with E-state index in [-0.39, 0.29) is 11.6 Å². The second-order valence-electron chi connectivity index (χ2n) is 6.64. The van der Waals surface area contributed by atoms with E-state index < -0.39 is 25.5 Å². The van der Waals surface area contributed by atoms with E-state index in [0.29, 0.717) is 5.56 Å². The van der Waals surface area contributed by atoms with E-state index in [1.807, 2.05) is 6.07 Å². The highest BCUT2D eigenvalue weighted by Gasteiger charge is 2.26. The number of nitro groups is 1. The number of anilines is 1. The lowest BCUT2D eigenvalue weighted by Gasteiger charge is -2.34. The van der Waals surface area contributed by atoms with Crippen LogP contribution in [0, 0.1) is 10.1 Å². The highest BCUT2D eigenvalue weighted by molar-refractivity contribution is 7.89. The molecule has 0 unspecified atom stereocenters. The SMILES string of the molecule is CCN1CCN(c2ccc(CNS(=O)(=O)c3ccc(Cl)cc3[N+](=O)[O-])cn2)CC1. The molecule has 1 aromatic heterocycles. The van der Waals surface area contributed by atoms with Crippen LogP contribution in [0.15, 0.2) is 41.4 Å². The molecule has 1 aliphatic rings. The van der Waals surface area contributed by atoms with Crippen LogP contribution >= 0.6 is 11.6 Å². The van der Waals surface area contributed by atoms with Gasteiger partial charge in [-0.1, -0.05) is 24.6 Å². The Morgan fingerprint density at radius 1 is 1.21 bits per heavy atom. The summed E-state index contributed by atoms with van der Waals surface area (Å²) in [6.07, 6.45) is 1.61. The number of nitrogens with one attached hydrogen (secondary N) is 1. The first-order valence-corrected chi connectivity index (χ1v) is 11.0. The number of nitrogens with zero attached hydrogens (tertiary/aromatic N) is 4. The van der Waals surface area contributed by atoms with Gasteiger partial charge in [-0.05, 0) is 30.3 Å². The van der Waals surface area contributed by atoms with Crippen molar-refractivity contribution in [2.24, 2.45) is 0 Å². The lowest BCUT2D eigenvalue weighted by Crippen LogP contribution is -2.46. The van der Waals surface area contributed by atoms with Crippen molar-refractivity contribution in [1.29, 1.82) is 0 Å². The van der Waals surface area contributed by atoms with Gasteiger partial charge in [-0.3, -0.25) is 10.1 Å². The van der Waals surface area contributed by atoms with Crippen LogP contribution in [0.4, 0.5) is 11.5 Å². The van der Waals surface area contributed by atoms with Gasteiger partial charge in [0.1, 0.15) is 5.82 Å². The Labute approximate surface area is 174 Å². The Morgan fingerprint density at radius 2 is 1.93 bits per heavy atom. The van der Waals surface area contributed by atoms with E-state index in [1.165, 1.54) is 6.07 Å². The maximum Gasteiger partial charge on any atom is 0.290 e. The van der Waals surface area contributed by atoms with Crippen LogP contribution in [0.2, 0.25) is 5.02 Å². The summed E-state index contributed by atoms with van der Waals surface area (Å²) in [4.78, 5) is 19.0. The van der Waals surface area contributed by atoms with Gasteiger partial charge >= 0.3 is 0 Å². The summed E-state index contributed by atoms with van der Waals surface area (Å²) in [5, 5.41) is 11.3. The van der Waals surface area contributed by atoms with Gasteiger partial charge in [-0.25, -0.2) is 18.1 Å². The standard InChI is InChI=1S/C18H22ClN5O4S/c1-2-22-7-9-23(10-8-22)18-6-3-14(12-20-18)13-21-29(27,28)17-5-4-15(19)11-16(17)24(25)26/h3-6,11-12,21H,2,7-10,13H2,1H3. The third-order valence-corrected chi connectivity index (χ3v) is 6.51. The molecule has 29 heavy (non-hydrogen) atoms. The van der Waals surface area contributed by atoms with Gasteiger partial charge in [-0.2, -0.15) is 0 Å². The molecule has 156 valence electrons. The summed E-state index contributed by atoms with van der Waals surface area (Å²) in [7, 11) is -4.08. The number of nitro benzene ring substituents is 1. The van der Waals surface area contributed by atoms with Gasteiger partial charge in [0.2, 0.25) is 10.0 Å². The second-order valence-corrected chi connectivity index (χ2v) is 8.81.